The predicted octanol–water partition coefficient (Wildman–Crippen LogP) is 2.47. The van der Waals surface area contributed by atoms with Gasteiger partial charge in [0.15, 0.2) is 0 Å². The summed E-state index contributed by atoms with van der Waals surface area (Å²) in [5, 5.41) is 0. The second-order valence-corrected chi connectivity index (χ2v) is 2.00. The summed E-state index contributed by atoms with van der Waals surface area (Å²) < 4.78 is 0. The van der Waals surface area contributed by atoms with Gasteiger partial charge in [-0.2, -0.15) is 0 Å². The Kier molecular flexibility index (Phi) is 5.59. The highest BCUT2D eigenvalue weighted by molar-refractivity contribution is 5.84. The Labute approximate surface area is 58.2 Å². The Bertz CT molecular complexity index is 84.6. The molecule has 0 unspecified atom stereocenters. The van der Waals surface area contributed by atoms with E-state index in [2.05, 4.69) is 25.8 Å². The van der Waals surface area contributed by atoms with E-state index in [-0.39, 0.29) is 0 Å². The standard InChI is InChI=1S/C8H16N/c1-4-7-8(5-2)9-6-3/h1,4-7H2,2-3H3. The highest BCUT2D eigenvalue weighted by Crippen LogP contribution is 1.95. The zero-order valence-electron chi connectivity index (χ0n) is 6.48. The Balaban J connectivity index is 3.53. The van der Waals surface area contributed by atoms with Crippen molar-refractivity contribution in [3.05, 3.63) is 6.92 Å². The van der Waals surface area contributed by atoms with Crippen molar-refractivity contribution in [2.45, 2.75) is 33.1 Å². The van der Waals surface area contributed by atoms with E-state index in [0.29, 0.717) is 0 Å². The summed E-state index contributed by atoms with van der Waals surface area (Å²) in [6, 6.07) is 0. The minimum Gasteiger partial charge on any atom is -0.294 e. The number of rotatable bonds is 4. The van der Waals surface area contributed by atoms with Gasteiger partial charge in [-0.3, -0.25) is 4.99 Å². The molecule has 0 bridgehead atoms. The first-order valence-corrected chi connectivity index (χ1v) is 3.66. The molecule has 0 saturated carbocycles. The second kappa shape index (κ2) is 5.80. The van der Waals surface area contributed by atoms with Crippen molar-refractivity contribution in [3.63, 3.8) is 0 Å². The van der Waals surface area contributed by atoms with Crippen LogP contribution in [0.5, 0.6) is 0 Å². The second-order valence-electron chi connectivity index (χ2n) is 2.00. The third-order valence-corrected chi connectivity index (χ3v) is 1.26. The van der Waals surface area contributed by atoms with Gasteiger partial charge in [-0.15, -0.1) is 0 Å². The monoisotopic (exact) mass is 126 g/mol. The van der Waals surface area contributed by atoms with Gasteiger partial charge in [-0.25, -0.2) is 0 Å². The number of hydrogen-bond acceptors (Lipinski definition) is 1. The molecule has 0 aliphatic heterocycles. The lowest BCUT2D eigenvalue weighted by Gasteiger charge is -1.98. The molecule has 0 aliphatic rings. The molecule has 1 radical (unpaired) electrons. The van der Waals surface area contributed by atoms with E-state index in [1.54, 1.807) is 0 Å². The third-order valence-electron chi connectivity index (χ3n) is 1.26. The van der Waals surface area contributed by atoms with Gasteiger partial charge < -0.3 is 0 Å². The predicted molar refractivity (Wildman–Crippen MR) is 42.9 cm³/mol. The van der Waals surface area contributed by atoms with Crippen molar-refractivity contribution in [1.82, 2.24) is 0 Å². The molecule has 0 heterocycles. The van der Waals surface area contributed by atoms with Gasteiger partial charge in [0.25, 0.3) is 0 Å². The maximum absolute atomic E-state index is 4.31. The van der Waals surface area contributed by atoms with Crippen molar-refractivity contribution in [3.8, 4) is 0 Å². The van der Waals surface area contributed by atoms with Gasteiger partial charge in [0, 0.05) is 12.3 Å². The molecular formula is C8H16N. The highest BCUT2D eigenvalue weighted by atomic mass is 14.7. The summed E-state index contributed by atoms with van der Waals surface area (Å²) in [7, 11) is 0. The van der Waals surface area contributed by atoms with E-state index in [9.17, 15) is 0 Å². The quantitative estimate of drug-likeness (QED) is 0.513. The summed E-state index contributed by atoms with van der Waals surface area (Å²) in [5.74, 6) is 0. The lowest BCUT2D eigenvalue weighted by Crippen LogP contribution is -1.95. The molecule has 0 spiro atoms. The Hall–Kier alpha value is -0.330. The van der Waals surface area contributed by atoms with E-state index in [1.807, 2.05) is 0 Å². The third kappa shape index (κ3) is 4.19. The van der Waals surface area contributed by atoms with Crippen LogP contribution >= 0.6 is 0 Å². The summed E-state index contributed by atoms with van der Waals surface area (Å²) in [4.78, 5) is 4.31. The molecule has 53 valence electrons. The Morgan fingerprint density at radius 1 is 1.44 bits per heavy atom. The summed E-state index contributed by atoms with van der Waals surface area (Å²) >= 11 is 0. The van der Waals surface area contributed by atoms with Crippen LogP contribution in [0.25, 0.3) is 0 Å². The molecule has 0 aromatic heterocycles. The minimum atomic E-state index is 0.920. The highest BCUT2D eigenvalue weighted by Gasteiger charge is 1.90. The van der Waals surface area contributed by atoms with Crippen LogP contribution in [0.4, 0.5) is 0 Å². The van der Waals surface area contributed by atoms with Gasteiger partial charge >= 0.3 is 0 Å². The lowest BCUT2D eigenvalue weighted by atomic mass is 10.2. The largest absolute Gasteiger partial charge is 0.294 e. The fraction of sp³-hybridized carbons (Fsp3) is 0.750. The maximum Gasteiger partial charge on any atom is 0.0360 e. The molecule has 0 aliphatic carbocycles. The zero-order chi connectivity index (χ0) is 7.11. The minimum absolute atomic E-state index is 0.920. The fourth-order valence-electron chi connectivity index (χ4n) is 0.795. The van der Waals surface area contributed by atoms with Crippen LogP contribution in [-0.4, -0.2) is 12.3 Å². The molecule has 0 fully saturated rings. The van der Waals surface area contributed by atoms with Crippen LogP contribution in [0.15, 0.2) is 4.99 Å². The van der Waals surface area contributed by atoms with Gasteiger partial charge in [0.1, 0.15) is 0 Å². The fourth-order valence-corrected chi connectivity index (χ4v) is 0.795. The van der Waals surface area contributed by atoms with Crippen LogP contribution in [0.3, 0.4) is 0 Å². The molecule has 0 N–H and O–H groups in total. The van der Waals surface area contributed by atoms with Gasteiger partial charge in [-0.05, 0) is 26.2 Å². The van der Waals surface area contributed by atoms with E-state index in [0.717, 1.165) is 25.8 Å². The van der Waals surface area contributed by atoms with E-state index < -0.39 is 0 Å². The van der Waals surface area contributed by atoms with Crippen LogP contribution < -0.4 is 0 Å². The Morgan fingerprint density at radius 3 is 2.44 bits per heavy atom. The lowest BCUT2D eigenvalue weighted by molar-refractivity contribution is 1.00. The maximum atomic E-state index is 4.31. The number of aliphatic imine (C=N–C) groups is 1. The first-order valence-electron chi connectivity index (χ1n) is 3.66. The molecule has 0 amide bonds. The molecular weight excluding hydrogens is 110 g/mol. The van der Waals surface area contributed by atoms with Gasteiger partial charge in [0.2, 0.25) is 0 Å². The molecule has 9 heavy (non-hydrogen) atoms. The van der Waals surface area contributed by atoms with Crippen molar-refractivity contribution in [1.29, 1.82) is 0 Å². The average molecular weight is 126 g/mol. The smallest absolute Gasteiger partial charge is 0.0360 e. The first-order chi connectivity index (χ1) is 4.35. The summed E-state index contributed by atoms with van der Waals surface area (Å²) in [6.07, 6.45) is 3.14. The van der Waals surface area contributed by atoms with Crippen LogP contribution in [0.2, 0.25) is 0 Å². The average Bonchev–Trinajstić information content (AvgIpc) is 1.88. The van der Waals surface area contributed by atoms with Gasteiger partial charge in [-0.1, -0.05) is 13.8 Å². The van der Waals surface area contributed by atoms with Crippen LogP contribution in [0, 0.1) is 6.92 Å². The van der Waals surface area contributed by atoms with Crippen molar-refractivity contribution in [2.24, 2.45) is 4.99 Å². The molecule has 0 saturated heterocycles. The molecule has 0 atom stereocenters. The SMILES string of the molecule is [CH2]CCC(CC)=NCC. The molecule has 0 rings (SSSR count). The van der Waals surface area contributed by atoms with E-state index in [4.69, 9.17) is 0 Å². The van der Waals surface area contributed by atoms with Crippen LogP contribution in [-0.2, 0) is 0 Å². The molecule has 0 aromatic rings. The first kappa shape index (κ1) is 8.67. The normalized spacial score (nSPS) is 12.1. The van der Waals surface area contributed by atoms with Crippen molar-refractivity contribution < 1.29 is 0 Å². The van der Waals surface area contributed by atoms with Crippen LogP contribution in [0.1, 0.15) is 33.1 Å². The molecule has 0 aromatic carbocycles. The zero-order valence-corrected chi connectivity index (χ0v) is 6.48. The van der Waals surface area contributed by atoms with Crippen molar-refractivity contribution in [2.75, 3.05) is 6.54 Å². The van der Waals surface area contributed by atoms with E-state index >= 15 is 0 Å². The number of hydrogen-bond donors (Lipinski definition) is 0. The van der Waals surface area contributed by atoms with E-state index in [1.165, 1.54) is 5.71 Å². The topological polar surface area (TPSA) is 12.4 Å². The number of nitrogens with zero attached hydrogens (tertiary/aromatic N) is 1. The Morgan fingerprint density at radius 2 is 2.11 bits per heavy atom. The molecule has 1 nitrogen and oxygen atoms in total. The van der Waals surface area contributed by atoms with Crippen molar-refractivity contribution >= 4 is 5.71 Å². The molecule has 1 heteroatoms. The summed E-state index contributed by atoms with van der Waals surface area (Å²) in [5.41, 5.74) is 1.31. The van der Waals surface area contributed by atoms with Gasteiger partial charge in [0.05, 0.1) is 0 Å². The summed E-state index contributed by atoms with van der Waals surface area (Å²) in [6.45, 7) is 8.91.